The summed E-state index contributed by atoms with van der Waals surface area (Å²) in [5, 5.41) is 2.73. The molecule has 0 atom stereocenters. The third kappa shape index (κ3) is 3.28. The number of sulfonamides is 1. The number of anilines is 1. The van der Waals surface area contributed by atoms with Crippen molar-refractivity contribution in [1.82, 2.24) is 5.32 Å². The van der Waals surface area contributed by atoms with Gasteiger partial charge in [0.05, 0.1) is 10.6 Å². The van der Waals surface area contributed by atoms with E-state index in [1.165, 1.54) is 11.2 Å². The molecule has 2 aromatic carbocycles. The summed E-state index contributed by atoms with van der Waals surface area (Å²) >= 11 is 0. The van der Waals surface area contributed by atoms with Gasteiger partial charge >= 0.3 is 0 Å². The van der Waals surface area contributed by atoms with Gasteiger partial charge in [-0.05, 0) is 42.2 Å². The second kappa shape index (κ2) is 6.65. The number of carbonyl (C=O) groups excluding carboxylic acids is 1. The summed E-state index contributed by atoms with van der Waals surface area (Å²) in [6.45, 7) is 2.50. The third-order valence-electron chi connectivity index (χ3n) is 4.14. The van der Waals surface area contributed by atoms with E-state index in [2.05, 4.69) is 5.32 Å². The summed E-state index contributed by atoms with van der Waals surface area (Å²) < 4.78 is 27.2. The molecule has 0 unspecified atom stereocenters. The molecular weight excluding hydrogens is 324 g/mol. The first kappa shape index (κ1) is 16.5. The molecule has 1 heterocycles. The number of nitrogens with zero attached hydrogens (tertiary/aromatic N) is 1. The van der Waals surface area contributed by atoms with Gasteiger partial charge in [0.15, 0.2) is 0 Å². The molecule has 126 valence electrons. The lowest BCUT2D eigenvalue weighted by Gasteiger charge is -2.19. The number of benzene rings is 2. The molecule has 0 aromatic heterocycles. The molecule has 1 aliphatic rings. The Labute approximate surface area is 142 Å². The Morgan fingerprint density at radius 3 is 2.54 bits per heavy atom. The van der Waals surface area contributed by atoms with Crippen molar-refractivity contribution in [2.45, 2.75) is 24.7 Å². The monoisotopic (exact) mass is 344 g/mol. The van der Waals surface area contributed by atoms with E-state index in [0.29, 0.717) is 24.4 Å². The fourth-order valence-corrected chi connectivity index (χ4v) is 4.40. The highest BCUT2D eigenvalue weighted by Gasteiger charge is 2.30. The Bertz CT molecular complexity index is 845. The molecular formula is C18H20N2O3S. The predicted octanol–water partition coefficient (Wildman–Crippen LogP) is 2.12. The van der Waals surface area contributed by atoms with Crippen LogP contribution in [0.3, 0.4) is 0 Å². The van der Waals surface area contributed by atoms with Gasteiger partial charge in [0.1, 0.15) is 0 Å². The van der Waals surface area contributed by atoms with E-state index in [1.807, 2.05) is 24.3 Å². The van der Waals surface area contributed by atoms with Crippen LogP contribution in [-0.2, 0) is 27.7 Å². The minimum Gasteiger partial charge on any atom is -0.356 e. The first-order chi connectivity index (χ1) is 11.5. The Morgan fingerprint density at radius 1 is 1.12 bits per heavy atom. The van der Waals surface area contributed by atoms with Gasteiger partial charge < -0.3 is 5.32 Å². The summed E-state index contributed by atoms with van der Waals surface area (Å²) in [7, 11) is -3.54. The lowest BCUT2D eigenvalue weighted by atomic mass is 10.1. The number of amides is 1. The number of rotatable bonds is 5. The quantitative estimate of drug-likeness (QED) is 0.903. The van der Waals surface area contributed by atoms with Crippen molar-refractivity contribution in [3.05, 3.63) is 59.7 Å². The standard InChI is InChI=1S/C18H20N2O3S/c1-14(21)19-12-10-15-6-8-17(9-7-15)24(22,23)20-13-11-16-4-2-3-5-18(16)20/h2-9H,10-13H2,1H3,(H,19,21). The Hall–Kier alpha value is -2.34. The van der Waals surface area contributed by atoms with Crippen molar-refractivity contribution in [3.63, 3.8) is 0 Å². The van der Waals surface area contributed by atoms with Gasteiger partial charge in [0.25, 0.3) is 10.0 Å². The van der Waals surface area contributed by atoms with Crippen LogP contribution in [0.4, 0.5) is 5.69 Å². The molecule has 0 bridgehead atoms. The topological polar surface area (TPSA) is 66.5 Å². The predicted molar refractivity (Wildman–Crippen MR) is 93.5 cm³/mol. The fourth-order valence-electron chi connectivity index (χ4n) is 2.90. The van der Waals surface area contributed by atoms with Crippen LogP contribution in [0.2, 0.25) is 0 Å². The van der Waals surface area contributed by atoms with Gasteiger partial charge in [0.2, 0.25) is 5.91 Å². The highest BCUT2D eigenvalue weighted by Crippen LogP contribution is 2.32. The maximum absolute atomic E-state index is 12.9. The van der Waals surface area contributed by atoms with Crippen LogP contribution in [0.5, 0.6) is 0 Å². The van der Waals surface area contributed by atoms with E-state index in [-0.39, 0.29) is 5.91 Å². The van der Waals surface area contributed by atoms with E-state index in [1.54, 1.807) is 24.3 Å². The zero-order valence-corrected chi connectivity index (χ0v) is 14.3. The maximum atomic E-state index is 12.9. The minimum atomic E-state index is -3.54. The summed E-state index contributed by atoms with van der Waals surface area (Å²) in [4.78, 5) is 11.2. The van der Waals surface area contributed by atoms with Crippen molar-refractivity contribution >= 4 is 21.6 Å². The molecule has 0 saturated heterocycles. The smallest absolute Gasteiger partial charge is 0.264 e. The van der Waals surface area contributed by atoms with Gasteiger partial charge in [-0.15, -0.1) is 0 Å². The second-order valence-corrected chi connectivity index (χ2v) is 7.70. The number of hydrogen-bond acceptors (Lipinski definition) is 3. The molecule has 0 aliphatic carbocycles. The number of hydrogen-bond donors (Lipinski definition) is 1. The average Bonchev–Trinajstić information content (AvgIpc) is 3.00. The average molecular weight is 344 g/mol. The Morgan fingerprint density at radius 2 is 1.83 bits per heavy atom. The molecule has 1 aliphatic heterocycles. The largest absolute Gasteiger partial charge is 0.356 e. The summed E-state index contributed by atoms with van der Waals surface area (Å²) in [5.74, 6) is -0.0677. The first-order valence-corrected chi connectivity index (χ1v) is 9.36. The minimum absolute atomic E-state index is 0.0677. The van der Waals surface area contributed by atoms with E-state index in [0.717, 1.165) is 23.2 Å². The van der Waals surface area contributed by atoms with Gasteiger partial charge in [-0.2, -0.15) is 0 Å². The normalized spacial score (nSPS) is 13.6. The zero-order valence-electron chi connectivity index (χ0n) is 13.5. The number of para-hydroxylation sites is 1. The van der Waals surface area contributed by atoms with Gasteiger partial charge in [0, 0.05) is 20.0 Å². The third-order valence-corrected chi connectivity index (χ3v) is 5.97. The number of fused-ring (bicyclic) bond motifs is 1. The van der Waals surface area contributed by atoms with Crippen molar-refractivity contribution in [1.29, 1.82) is 0 Å². The van der Waals surface area contributed by atoms with Crippen LogP contribution in [0.1, 0.15) is 18.1 Å². The molecule has 5 nitrogen and oxygen atoms in total. The van der Waals surface area contributed by atoms with E-state index in [9.17, 15) is 13.2 Å². The molecule has 0 fully saturated rings. The van der Waals surface area contributed by atoms with Gasteiger partial charge in [-0.25, -0.2) is 8.42 Å². The van der Waals surface area contributed by atoms with Crippen LogP contribution in [-0.4, -0.2) is 27.4 Å². The van der Waals surface area contributed by atoms with Crippen molar-refractivity contribution in [3.8, 4) is 0 Å². The SMILES string of the molecule is CC(=O)NCCc1ccc(S(=O)(=O)N2CCc3ccccc32)cc1. The highest BCUT2D eigenvalue weighted by molar-refractivity contribution is 7.92. The zero-order chi connectivity index (χ0) is 17.2. The molecule has 6 heteroatoms. The van der Waals surface area contributed by atoms with Crippen LogP contribution in [0.15, 0.2) is 53.4 Å². The van der Waals surface area contributed by atoms with Gasteiger partial charge in [-0.1, -0.05) is 30.3 Å². The Balaban J connectivity index is 1.77. The van der Waals surface area contributed by atoms with Gasteiger partial charge in [-0.3, -0.25) is 9.10 Å². The van der Waals surface area contributed by atoms with E-state index in [4.69, 9.17) is 0 Å². The Kier molecular flexibility index (Phi) is 4.57. The molecule has 0 spiro atoms. The second-order valence-electron chi connectivity index (χ2n) is 5.83. The van der Waals surface area contributed by atoms with Crippen LogP contribution < -0.4 is 9.62 Å². The molecule has 1 N–H and O–H groups in total. The molecule has 3 rings (SSSR count). The number of carbonyl (C=O) groups is 1. The molecule has 1 amide bonds. The van der Waals surface area contributed by atoms with E-state index < -0.39 is 10.0 Å². The number of nitrogens with one attached hydrogen (secondary N) is 1. The maximum Gasteiger partial charge on any atom is 0.264 e. The van der Waals surface area contributed by atoms with Crippen LogP contribution in [0.25, 0.3) is 0 Å². The summed E-state index contributed by atoms with van der Waals surface area (Å²) in [6.07, 6.45) is 1.41. The van der Waals surface area contributed by atoms with Crippen LogP contribution in [0, 0.1) is 0 Å². The summed E-state index contributed by atoms with van der Waals surface area (Å²) in [6, 6.07) is 14.5. The lowest BCUT2D eigenvalue weighted by molar-refractivity contribution is -0.118. The van der Waals surface area contributed by atoms with Crippen molar-refractivity contribution in [2.75, 3.05) is 17.4 Å². The lowest BCUT2D eigenvalue weighted by Crippen LogP contribution is -2.29. The molecule has 0 radical (unpaired) electrons. The first-order valence-electron chi connectivity index (χ1n) is 7.92. The van der Waals surface area contributed by atoms with E-state index >= 15 is 0 Å². The van der Waals surface area contributed by atoms with Crippen molar-refractivity contribution in [2.24, 2.45) is 0 Å². The molecule has 2 aromatic rings. The van der Waals surface area contributed by atoms with Crippen molar-refractivity contribution < 1.29 is 13.2 Å². The van der Waals surface area contributed by atoms with Crippen LogP contribution >= 0.6 is 0 Å². The summed E-state index contributed by atoms with van der Waals surface area (Å²) in [5.41, 5.74) is 2.82. The highest BCUT2D eigenvalue weighted by atomic mass is 32.2. The molecule has 0 saturated carbocycles. The fraction of sp³-hybridized carbons (Fsp3) is 0.278. The molecule has 24 heavy (non-hydrogen) atoms.